The Labute approximate surface area is 129 Å². The lowest BCUT2D eigenvalue weighted by molar-refractivity contribution is 0.325. The number of aryl methyl sites for hydroxylation is 4. The molecule has 114 valence electrons. The van der Waals surface area contributed by atoms with Crippen LogP contribution in [0.5, 0.6) is 5.88 Å². The zero-order valence-electron chi connectivity index (χ0n) is 13.5. The van der Waals surface area contributed by atoms with Gasteiger partial charge in [0.15, 0.2) is 5.82 Å². The van der Waals surface area contributed by atoms with Gasteiger partial charge < -0.3 is 9.30 Å². The van der Waals surface area contributed by atoms with Crippen molar-refractivity contribution in [1.82, 2.24) is 24.7 Å². The Morgan fingerprint density at radius 1 is 0.909 bits per heavy atom. The van der Waals surface area contributed by atoms with Gasteiger partial charge in [-0.2, -0.15) is 10.2 Å². The molecule has 0 aliphatic rings. The molecule has 3 aromatic rings. The number of hydrogen-bond acceptors (Lipinski definition) is 5. The van der Waals surface area contributed by atoms with Crippen molar-refractivity contribution in [3.05, 3.63) is 35.2 Å². The lowest BCUT2D eigenvalue weighted by atomic mass is 10.1. The first-order chi connectivity index (χ1) is 10.5. The van der Waals surface area contributed by atoms with E-state index in [1.807, 2.05) is 20.8 Å². The van der Waals surface area contributed by atoms with E-state index in [2.05, 4.69) is 38.6 Å². The Morgan fingerprint density at radius 3 is 1.95 bits per heavy atom. The molecule has 0 radical (unpaired) electrons. The van der Waals surface area contributed by atoms with Gasteiger partial charge >= 0.3 is 0 Å². The normalized spacial score (nSPS) is 11.1. The van der Waals surface area contributed by atoms with Crippen molar-refractivity contribution in [3.63, 3.8) is 0 Å². The minimum absolute atomic E-state index is 0.536. The lowest BCUT2D eigenvalue weighted by Crippen LogP contribution is -2.03. The fourth-order valence-electron chi connectivity index (χ4n) is 2.96. The predicted octanol–water partition coefficient (Wildman–Crippen LogP) is 2.84. The molecule has 3 heterocycles. The summed E-state index contributed by atoms with van der Waals surface area (Å²) in [6, 6.07) is 0. The molecule has 6 nitrogen and oxygen atoms in total. The van der Waals surface area contributed by atoms with Crippen LogP contribution in [-0.2, 0) is 0 Å². The highest BCUT2D eigenvalue weighted by Gasteiger charge is 2.18. The number of nitrogens with zero attached hydrogens (tertiary/aromatic N) is 5. The van der Waals surface area contributed by atoms with E-state index in [0.717, 1.165) is 39.4 Å². The maximum Gasteiger partial charge on any atom is 0.232 e. The molecule has 0 amide bonds. The number of ether oxygens (including phenoxy) is 1. The van der Waals surface area contributed by atoms with E-state index in [0.29, 0.717) is 12.5 Å². The van der Waals surface area contributed by atoms with Gasteiger partial charge in [-0.05, 0) is 34.6 Å². The maximum atomic E-state index is 5.35. The topological polar surface area (TPSA) is 65.7 Å². The van der Waals surface area contributed by atoms with Crippen LogP contribution >= 0.6 is 0 Å². The highest BCUT2D eigenvalue weighted by atomic mass is 16.5. The lowest BCUT2D eigenvalue weighted by Gasteiger charge is -2.08. The summed E-state index contributed by atoms with van der Waals surface area (Å²) in [4.78, 5) is 8.78. The quantitative estimate of drug-likeness (QED) is 0.743. The van der Waals surface area contributed by atoms with Crippen LogP contribution in [0.25, 0.3) is 16.6 Å². The molecule has 0 saturated heterocycles. The van der Waals surface area contributed by atoms with Crippen molar-refractivity contribution in [1.29, 1.82) is 0 Å². The third kappa shape index (κ3) is 2.11. The average molecular weight is 297 g/mol. The minimum atomic E-state index is 0.536. The second-order valence-electron chi connectivity index (χ2n) is 5.27. The van der Waals surface area contributed by atoms with E-state index in [9.17, 15) is 0 Å². The first kappa shape index (κ1) is 14.4. The molecule has 22 heavy (non-hydrogen) atoms. The third-order valence-electron chi connectivity index (χ3n) is 3.85. The summed E-state index contributed by atoms with van der Waals surface area (Å²) in [5.74, 6) is 1.31. The van der Waals surface area contributed by atoms with Crippen molar-refractivity contribution < 1.29 is 4.74 Å². The molecule has 0 aliphatic carbocycles. The Bertz CT molecular complexity index is 791. The van der Waals surface area contributed by atoms with Crippen LogP contribution in [0.4, 0.5) is 0 Å². The minimum Gasteiger partial charge on any atom is -0.477 e. The van der Waals surface area contributed by atoms with Crippen LogP contribution in [0.15, 0.2) is 12.4 Å². The number of hydrogen-bond donors (Lipinski definition) is 0. The van der Waals surface area contributed by atoms with Gasteiger partial charge in [0.05, 0.1) is 30.4 Å². The molecular formula is C16H19N5O. The second kappa shape index (κ2) is 5.36. The van der Waals surface area contributed by atoms with E-state index < -0.39 is 0 Å². The van der Waals surface area contributed by atoms with E-state index in [1.54, 1.807) is 12.4 Å². The predicted molar refractivity (Wildman–Crippen MR) is 84.6 cm³/mol. The largest absolute Gasteiger partial charge is 0.477 e. The average Bonchev–Trinajstić information content (AvgIpc) is 2.77. The molecule has 0 saturated carbocycles. The molecule has 6 heteroatoms. The monoisotopic (exact) mass is 297 g/mol. The van der Waals surface area contributed by atoms with Crippen LogP contribution in [0.3, 0.4) is 0 Å². The van der Waals surface area contributed by atoms with Gasteiger partial charge in [-0.3, -0.25) is 0 Å². The van der Waals surface area contributed by atoms with Crippen LogP contribution in [0, 0.1) is 27.7 Å². The zero-order valence-corrected chi connectivity index (χ0v) is 13.5. The summed E-state index contributed by atoms with van der Waals surface area (Å²) in [5.41, 5.74) is 4.06. The summed E-state index contributed by atoms with van der Waals surface area (Å²) in [7, 11) is 0. The molecular weight excluding hydrogens is 278 g/mol. The molecule has 0 atom stereocenters. The summed E-state index contributed by atoms with van der Waals surface area (Å²) < 4.78 is 7.45. The fraction of sp³-hybridized carbons (Fsp3) is 0.375. The van der Waals surface area contributed by atoms with Crippen molar-refractivity contribution in [2.45, 2.75) is 34.6 Å². The van der Waals surface area contributed by atoms with Gasteiger partial charge in [-0.25, -0.2) is 9.97 Å². The van der Waals surface area contributed by atoms with Crippen molar-refractivity contribution in [3.8, 4) is 11.7 Å². The van der Waals surface area contributed by atoms with E-state index in [4.69, 9.17) is 4.74 Å². The van der Waals surface area contributed by atoms with Gasteiger partial charge in [0.25, 0.3) is 0 Å². The standard InChI is InChI=1S/C16H19N5O/c1-6-22-14-8-17-13(7-18-14)21-11(4)15-9(2)19-20-10(3)16(15)12(21)5/h7-8H,6H2,1-5H3. The van der Waals surface area contributed by atoms with Crippen molar-refractivity contribution in [2.75, 3.05) is 6.61 Å². The molecule has 0 spiro atoms. The van der Waals surface area contributed by atoms with Crippen molar-refractivity contribution >= 4 is 10.8 Å². The van der Waals surface area contributed by atoms with Crippen LogP contribution < -0.4 is 4.74 Å². The first-order valence-electron chi connectivity index (χ1n) is 7.31. The highest BCUT2D eigenvalue weighted by molar-refractivity contribution is 5.92. The maximum absolute atomic E-state index is 5.35. The SMILES string of the molecule is CCOc1cnc(-n2c(C)c3c(C)nnc(C)c3c2C)cn1. The zero-order chi connectivity index (χ0) is 15.9. The van der Waals surface area contributed by atoms with Crippen LogP contribution in [0.2, 0.25) is 0 Å². The van der Waals surface area contributed by atoms with E-state index in [1.165, 1.54) is 0 Å². The number of fused-ring (bicyclic) bond motifs is 1. The summed E-state index contributed by atoms with van der Waals surface area (Å²) in [5, 5.41) is 10.7. The molecule has 0 aliphatic heterocycles. The second-order valence-corrected chi connectivity index (χ2v) is 5.27. The Balaban J connectivity index is 2.23. The molecule has 0 N–H and O–H groups in total. The van der Waals surface area contributed by atoms with Crippen LogP contribution in [-0.4, -0.2) is 31.3 Å². The highest BCUT2D eigenvalue weighted by Crippen LogP contribution is 2.30. The Kier molecular flexibility index (Phi) is 3.52. The van der Waals surface area contributed by atoms with Gasteiger partial charge in [0, 0.05) is 22.2 Å². The van der Waals surface area contributed by atoms with E-state index >= 15 is 0 Å². The van der Waals surface area contributed by atoms with E-state index in [-0.39, 0.29) is 0 Å². The van der Waals surface area contributed by atoms with Gasteiger partial charge in [0.2, 0.25) is 5.88 Å². The molecule has 0 aromatic carbocycles. The summed E-state index contributed by atoms with van der Waals surface area (Å²) in [6.45, 7) is 10.6. The van der Waals surface area contributed by atoms with Crippen molar-refractivity contribution in [2.24, 2.45) is 0 Å². The molecule has 0 unspecified atom stereocenters. The number of rotatable bonds is 3. The smallest absolute Gasteiger partial charge is 0.232 e. The van der Waals surface area contributed by atoms with Gasteiger partial charge in [-0.1, -0.05) is 0 Å². The first-order valence-corrected chi connectivity index (χ1v) is 7.31. The molecule has 3 rings (SSSR count). The Morgan fingerprint density at radius 2 is 1.50 bits per heavy atom. The molecule has 0 fully saturated rings. The summed E-state index contributed by atoms with van der Waals surface area (Å²) in [6.07, 6.45) is 3.38. The Hall–Kier alpha value is -2.50. The van der Waals surface area contributed by atoms with Gasteiger partial charge in [0.1, 0.15) is 0 Å². The third-order valence-corrected chi connectivity index (χ3v) is 3.85. The van der Waals surface area contributed by atoms with Gasteiger partial charge in [-0.15, -0.1) is 0 Å². The van der Waals surface area contributed by atoms with Crippen LogP contribution in [0.1, 0.15) is 29.7 Å². The molecule has 3 aromatic heterocycles. The number of aromatic nitrogens is 5. The summed E-state index contributed by atoms with van der Waals surface area (Å²) >= 11 is 0. The fourth-order valence-corrected chi connectivity index (χ4v) is 2.96. The molecule has 0 bridgehead atoms.